The van der Waals surface area contributed by atoms with Gasteiger partial charge >= 0.3 is 5.97 Å². The van der Waals surface area contributed by atoms with Crippen molar-refractivity contribution in [3.05, 3.63) is 65.5 Å². The van der Waals surface area contributed by atoms with Gasteiger partial charge in [0, 0.05) is 11.4 Å². The van der Waals surface area contributed by atoms with Crippen LogP contribution in [0.5, 0.6) is 0 Å². The highest BCUT2D eigenvalue weighted by atomic mass is 16.4. The Labute approximate surface area is 128 Å². The smallest absolute Gasteiger partial charge is 0.337 e. The maximum absolute atomic E-state index is 11.4. The molecule has 0 bridgehead atoms. The van der Waals surface area contributed by atoms with E-state index in [9.17, 15) is 9.90 Å². The lowest BCUT2D eigenvalue weighted by Gasteiger charge is -2.11. The molecule has 0 saturated carbocycles. The van der Waals surface area contributed by atoms with E-state index in [1.807, 2.05) is 29.7 Å². The molecule has 0 spiro atoms. The third-order valence-corrected chi connectivity index (χ3v) is 3.85. The van der Waals surface area contributed by atoms with Crippen LogP contribution in [-0.2, 0) is 6.42 Å². The average molecular weight is 295 g/mol. The van der Waals surface area contributed by atoms with Crippen LogP contribution in [0.3, 0.4) is 0 Å². The topological polar surface area (TPSA) is 55.4 Å². The minimum absolute atomic E-state index is 0.283. The Morgan fingerprint density at radius 3 is 2.50 bits per heavy atom. The number of carbonyl (C=O) groups is 1. The lowest BCUT2D eigenvalue weighted by Crippen LogP contribution is -2.02. The molecule has 0 amide bonds. The third-order valence-electron chi connectivity index (χ3n) is 3.85. The summed E-state index contributed by atoms with van der Waals surface area (Å²) < 4.78 is 7.38. The molecule has 112 valence electrons. The van der Waals surface area contributed by atoms with Crippen LogP contribution in [-0.4, -0.2) is 15.6 Å². The molecule has 0 radical (unpaired) electrons. The van der Waals surface area contributed by atoms with Crippen molar-refractivity contribution < 1.29 is 14.3 Å². The van der Waals surface area contributed by atoms with Gasteiger partial charge in [-0.2, -0.15) is 0 Å². The quantitative estimate of drug-likeness (QED) is 0.780. The van der Waals surface area contributed by atoms with Crippen molar-refractivity contribution in [1.82, 2.24) is 4.57 Å². The normalized spacial score (nSPS) is 10.8. The Kier molecular flexibility index (Phi) is 3.59. The minimum Gasteiger partial charge on any atom is -0.478 e. The van der Waals surface area contributed by atoms with Crippen LogP contribution in [0.25, 0.3) is 17.1 Å². The molecule has 2 heterocycles. The molecule has 0 aliphatic carbocycles. The number of aromatic nitrogens is 1. The first-order valence-corrected chi connectivity index (χ1v) is 7.20. The first kappa shape index (κ1) is 14.2. The molecule has 2 aromatic heterocycles. The van der Waals surface area contributed by atoms with Crippen LogP contribution >= 0.6 is 0 Å². The van der Waals surface area contributed by atoms with Gasteiger partial charge in [-0.25, -0.2) is 4.79 Å². The van der Waals surface area contributed by atoms with Gasteiger partial charge in [-0.3, -0.25) is 0 Å². The highest BCUT2D eigenvalue weighted by molar-refractivity contribution is 5.91. The molecule has 4 nitrogen and oxygen atoms in total. The van der Waals surface area contributed by atoms with E-state index in [1.54, 1.807) is 18.4 Å². The minimum atomic E-state index is -0.936. The Balaban J connectivity index is 2.21. The van der Waals surface area contributed by atoms with Crippen LogP contribution in [0.1, 0.15) is 28.5 Å². The molecular formula is C18H17NO3. The van der Waals surface area contributed by atoms with Crippen LogP contribution in [0, 0.1) is 6.92 Å². The van der Waals surface area contributed by atoms with Gasteiger partial charge in [0.1, 0.15) is 0 Å². The zero-order chi connectivity index (χ0) is 15.7. The molecule has 1 aromatic carbocycles. The SMILES string of the molecule is CCc1ccc(-n2c(-c3ccco3)cc(C(=O)O)c2C)cc1. The fourth-order valence-corrected chi connectivity index (χ4v) is 2.64. The summed E-state index contributed by atoms with van der Waals surface area (Å²) in [5.41, 5.74) is 3.87. The second kappa shape index (κ2) is 5.56. The summed E-state index contributed by atoms with van der Waals surface area (Å²) in [6.07, 6.45) is 2.55. The Bertz CT molecular complexity index is 796. The second-order valence-electron chi connectivity index (χ2n) is 5.17. The van der Waals surface area contributed by atoms with E-state index in [4.69, 9.17) is 4.42 Å². The summed E-state index contributed by atoms with van der Waals surface area (Å²) in [5.74, 6) is -0.288. The summed E-state index contributed by atoms with van der Waals surface area (Å²) in [6.45, 7) is 3.91. The van der Waals surface area contributed by atoms with Gasteiger partial charge in [0.05, 0.1) is 17.5 Å². The maximum Gasteiger partial charge on any atom is 0.337 e. The zero-order valence-electron chi connectivity index (χ0n) is 12.5. The molecule has 22 heavy (non-hydrogen) atoms. The number of hydrogen-bond acceptors (Lipinski definition) is 2. The molecule has 0 saturated heterocycles. The number of rotatable bonds is 4. The summed E-state index contributed by atoms with van der Waals surface area (Å²) in [5, 5.41) is 9.39. The summed E-state index contributed by atoms with van der Waals surface area (Å²) in [4.78, 5) is 11.4. The average Bonchev–Trinajstić information content (AvgIpc) is 3.14. The van der Waals surface area contributed by atoms with Crippen molar-refractivity contribution in [3.63, 3.8) is 0 Å². The van der Waals surface area contributed by atoms with Gasteiger partial charge in [0.15, 0.2) is 5.76 Å². The molecule has 0 atom stereocenters. The van der Waals surface area contributed by atoms with Crippen LogP contribution in [0.4, 0.5) is 0 Å². The van der Waals surface area contributed by atoms with Crippen molar-refractivity contribution in [3.8, 4) is 17.1 Å². The second-order valence-corrected chi connectivity index (χ2v) is 5.17. The van der Waals surface area contributed by atoms with Crippen LogP contribution in [0.2, 0.25) is 0 Å². The predicted molar refractivity (Wildman–Crippen MR) is 84.5 cm³/mol. The molecule has 0 unspecified atom stereocenters. The van der Waals surface area contributed by atoms with E-state index >= 15 is 0 Å². The summed E-state index contributed by atoms with van der Waals surface area (Å²) in [6, 6.07) is 13.4. The monoisotopic (exact) mass is 295 g/mol. The molecule has 3 rings (SSSR count). The summed E-state index contributed by atoms with van der Waals surface area (Å²) in [7, 11) is 0. The zero-order valence-corrected chi connectivity index (χ0v) is 12.5. The van der Waals surface area contributed by atoms with Gasteiger partial charge in [0.25, 0.3) is 0 Å². The number of nitrogens with zero attached hydrogens (tertiary/aromatic N) is 1. The van der Waals surface area contributed by atoms with Gasteiger partial charge < -0.3 is 14.1 Å². The molecule has 0 aliphatic heterocycles. The van der Waals surface area contributed by atoms with Gasteiger partial charge in [-0.1, -0.05) is 19.1 Å². The van der Waals surface area contributed by atoms with E-state index in [-0.39, 0.29) is 5.56 Å². The number of carboxylic acid groups (broad SMARTS) is 1. The standard InChI is InChI=1S/C18H17NO3/c1-3-13-6-8-14(9-7-13)19-12(2)15(18(20)21)11-16(19)17-5-4-10-22-17/h4-11H,3H2,1-2H3,(H,20,21). The lowest BCUT2D eigenvalue weighted by atomic mass is 10.1. The van der Waals surface area contributed by atoms with Crippen molar-refractivity contribution in [2.75, 3.05) is 0 Å². The van der Waals surface area contributed by atoms with Crippen LogP contribution < -0.4 is 0 Å². The fraction of sp³-hybridized carbons (Fsp3) is 0.167. The van der Waals surface area contributed by atoms with E-state index in [1.165, 1.54) is 5.56 Å². The first-order chi connectivity index (χ1) is 10.6. The van der Waals surface area contributed by atoms with E-state index in [0.717, 1.165) is 17.8 Å². The molecule has 0 aliphatic rings. The van der Waals surface area contributed by atoms with E-state index in [0.29, 0.717) is 11.5 Å². The van der Waals surface area contributed by atoms with Crippen molar-refractivity contribution >= 4 is 5.97 Å². The van der Waals surface area contributed by atoms with Crippen LogP contribution in [0.15, 0.2) is 53.1 Å². The van der Waals surface area contributed by atoms with E-state index in [2.05, 4.69) is 19.1 Å². The van der Waals surface area contributed by atoms with Gasteiger partial charge in [-0.05, 0) is 49.2 Å². The number of furan rings is 1. The lowest BCUT2D eigenvalue weighted by molar-refractivity contribution is 0.0696. The Hall–Kier alpha value is -2.75. The van der Waals surface area contributed by atoms with Crippen molar-refractivity contribution in [1.29, 1.82) is 0 Å². The summed E-state index contributed by atoms with van der Waals surface area (Å²) >= 11 is 0. The molecular weight excluding hydrogens is 278 g/mol. The Morgan fingerprint density at radius 1 is 1.23 bits per heavy atom. The van der Waals surface area contributed by atoms with E-state index < -0.39 is 5.97 Å². The largest absolute Gasteiger partial charge is 0.478 e. The highest BCUT2D eigenvalue weighted by Crippen LogP contribution is 2.30. The fourth-order valence-electron chi connectivity index (χ4n) is 2.64. The number of hydrogen-bond donors (Lipinski definition) is 1. The van der Waals surface area contributed by atoms with Crippen molar-refractivity contribution in [2.24, 2.45) is 0 Å². The molecule has 1 N–H and O–H groups in total. The molecule has 0 fully saturated rings. The number of benzene rings is 1. The first-order valence-electron chi connectivity index (χ1n) is 7.20. The highest BCUT2D eigenvalue weighted by Gasteiger charge is 2.20. The predicted octanol–water partition coefficient (Wildman–Crippen LogP) is 4.31. The van der Waals surface area contributed by atoms with Gasteiger partial charge in [0.2, 0.25) is 0 Å². The van der Waals surface area contributed by atoms with Gasteiger partial charge in [-0.15, -0.1) is 0 Å². The van der Waals surface area contributed by atoms with Crippen molar-refractivity contribution in [2.45, 2.75) is 20.3 Å². The molecule has 3 aromatic rings. The Morgan fingerprint density at radius 2 is 1.95 bits per heavy atom. The maximum atomic E-state index is 11.4. The molecule has 4 heteroatoms. The number of aromatic carboxylic acids is 1. The number of aryl methyl sites for hydroxylation is 1. The number of carboxylic acids is 1. The third kappa shape index (κ3) is 2.33.